The minimum absolute atomic E-state index is 0.187. The van der Waals surface area contributed by atoms with E-state index in [2.05, 4.69) is 21.3 Å². The summed E-state index contributed by atoms with van der Waals surface area (Å²) in [6.07, 6.45) is 2.39. The fourth-order valence-electron chi connectivity index (χ4n) is 2.99. The van der Waals surface area contributed by atoms with Gasteiger partial charge in [-0.2, -0.15) is 4.98 Å². The van der Waals surface area contributed by atoms with Crippen LogP contribution in [0, 0.1) is 0 Å². The molecule has 0 unspecified atom stereocenters. The molecule has 1 saturated heterocycles. The number of anilines is 3. The van der Waals surface area contributed by atoms with Crippen molar-refractivity contribution in [1.82, 2.24) is 9.97 Å². The second kappa shape index (κ2) is 5.76. The lowest BCUT2D eigenvalue weighted by Crippen LogP contribution is -2.20. The number of aromatic nitrogens is 2. The average molecular weight is 306 g/mol. The molecular weight excluding hydrogens is 288 g/mol. The van der Waals surface area contributed by atoms with Gasteiger partial charge >= 0.3 is 0 Å². The molecule has 0 atom stereocenters. The zero-order chi connectivity index (χ0) is 15.6. The van der Waals surface area contributed by atoms with Gasteiger partial charge in [-0.25, -0.2) is 4.98 Å². The van der Waals surface area contributed by atoms with Crippen molar-refractivity contribution >= 4 is 28.4 Å². The second-order valence-corrected chi connectivity index (χ2v) is 5.72. The van der Waals surface area contributed by atoms with Gasteiger partial charge in [-0.1, -0.05) is 24.3 Å². The van der Waals surface area contributed by atoms with Crippen LogP contribution in [0.25, 0.3) is 10.9 Å². The topological polar surface area (TPSA) is 61.3 Å². The summed E-state index contributed by atoms with van der Waals surface area (Å²) in [5, 5.41) is 14.1. The molecule has 4 rings (SSSR count). The predicted octanol–water partition coefficient (Wildman–Crippen LogP) is 3.68. The second-order valence-electron chi connectivity index (χ2n) is 5.72. The highest BCUT2D eigenvalue weighted by Gasteiger charge is 2.18. The molecule has 1 fully saturated rings. The number of nitrogens with one attached hydrogen (secondary N) is 1. The Bertz CT molecular complexity index is 843. The van der Waals surface area contributed by atoms with Crippen LogP contribution in [0.2, 0.25) is 0 Å². The van der Waals surface area contributed by atoms with Gasteiger partial charge in [0.05, 0.1) is 11.2 Å². The first-order valence-electron chi connectivity index (χ1n) is 7.88. The molecule has 0 saturated carbocycles. The summed E-state index contributed by atoms with van der Waals surface area (Å²) in [6.45, 7) is 2.05. The number of hydrogen-bond acceptors (Lipinski definition) is 5. The summed E-state index contributed by atoms with van der Waals surface area (Å²) in [6, 6.07) is 15.2. The number of phenols is 1. The van der Waals surface area contributed by atoms with E-state index in [-0.39, 0.29) is 5.75 Å². The molecule has 0 aliphatic carbocycles. The maximum absolute atomic E-state index is 9.94. The van der Waals surface area contributed by atoms with Crippen LogP contribution in [-0.2, 0) is 0 Å². The van der Waals surface area contributed by atoms with Gasteiger partial charge in [0.15, 0.2) is 0 Å². The molecule has 0 radical (unpaired) electrons. The van der Waals surface area contributed by atoms with Crippen molar-refractivity contribution in [2.24, 2.45) is 0 Å². The molecule has 1 aliphatic rings. The van der Waals surface area contributed by atoms with Crippen molar-refractivity contribution in [2.75, 3.05) is 23.3 Å². The third-order valence-electron chi connectivity index (χ3n) is 4.14. The summed E-state index contributed by atoms with van der Waals surface area (Å²) in [5.74, 6) is 1.66. The van der Waals surface area contributed by atoms with E-state index in [1.54, 1.807) is 12.1 Å². The lowest BCUT2D eigenvalue weighted by Gasteiger charge is -2.19. The zero-order valence-corrected chi connectivity index (χ0v) is 12.7. The smallest absolute Gasteiger partial charge is 0.229 e. The summed E-state index contributed by atoms with van der Waals surface area (Å²) in [4.78, 5) is 11.6. The average Bonchev–Trinajstić information content (AvgIpc) is 3.11. The van der Waals surface area contributed by atoms with Gasteiger partial charge in [0, 0.05) is 18.5 Å². The van der Waals surface area contributed by atoms with Gasteiger partial charge in [-0.3, -0.25) is 0 Å². The highest BCUT2D eigenvalue weighted by molar-refractivity contribution is 5.91. The van der Waals surface area contributed by atoms with Crippen LogP contribution in [0.5, 0.6) is 5.75 Å². The number of para-hydroxylation sites is 3. The Morgan fingerprint density at radius 2 is 1.65 bits per heavy atom. The van der Waals surface area contributed by atoms with Crippen molar-refractivity contribution in [2.45, 2.75) is 12.8 Å². The Hall–Kier alpha value is -2.82. The van der Waals surface area contributed by atoms with Crippen LogP contribution in [0.1, 0.15) is 12.8 Å². The minimum Gasteiger partial charge on any atom is -0.506 e. The molecule has 116 valence electrons. The highest BCUT2D eigenvalue weighted by atomic mass is 16.3. The number of fused-ring (bicyclic) bond motifs is 1. The van der Waals surface area contributed by atoms with E-state index >= 15 is 0 Å². The molecule has 23 heavy (non-hydrogen) atoms. The number of aromatic hydroxyl groups is 1. The van der Waals surface area contributed by atoms with Crippen molar-refractivity contribution in [3.8, 4) is 5.75 Å². The molecule has 5 heteroatoms. The van der Waals surface area contributed by atoms with Crippen LogP contribution >= 0.6 is 0 Å². The first-order valence-corrected chi connectivity index (χ1v) is 7.88. The molecule has 2 N–H and O–H groups in total. The fraction of sp³-hybridized carbons (Fsp3) is 0.222. The number of rotatable bonds is 3. The van der Waals surface area contributed by atoms with Gasteiger partial charge in [0.2, 0.25) is 5.95 Å². The molecule has 5 nitrogen and oxygen atoms in total. The lowest BCUT2D eigenvalue weighted by atomic mass is 10.2. The Morgan fingerprint density at radius 3 is 2.48 bits per heavy atom. The predicted molar refractivity (Wildman–Crippen MR) is 92.4 cm³/mol. The molecule has 2 aromatic carbocycles. The maximum Gasteiger partial charge on any atom is 0.229 e. The van der Waals surface area contributed by atoms with Crippen LogP contribution in [0.15, 0.2) is 48.5 Å². The van der Waals surface area contributed by atoms with Crippen molar-refractivity contribution in [3.05, 3.63) is 48.5 Å². The quantitative estimate of drug-likeness (QED) is 0.723. The minimum atomic E-state index is 0.187. The third kappa shape index (κ3) is 2.65. The summed E-state index contributed by atoms with van der Waals surface area (Å²) in [7, 11) is 0. The molecule has 0 bridgehead atoms. The van der Waals surface area contributed by atoms with Crippen molar-refractivity contribution in [1.29, 1.82) is 0 Å². The van der Waals surface area contributed by atoms with Gasteiger partial charge in [-0.05, 0) is 37.1 Å². The van der Waals surface area contributed by atoms with E-state index in [1.807, 2.05) is 30.3 Å². The number of benzene rings is 2. The van der Waals surface area contributed by atoms with Crippen LogP contribution in [-0.4, -0.2) is 28.2 Å². The molecule has 3 aromatic rings. The molecule has 2 heterocycles. The van der Waals surface area contributed by atoms with Gasteiger partial charge < -0.3 is 15.3 Å². The Kier molecular flexibility index (Phi) is 3.46. The largest absolute Gasteiger partial charge is 0.506 e. The van der Waals surface area contributed by atoms with Crippen molar-refractivity contribution in [3.63, 3.8) is 0 Å². The van der Waals surface area contributed by atoms with Crippen LogP contribution in [0.3, 0.4) is 0 Å². The fourth-order valence-corrected chi connectivity index (χ4v) is 2.99. The van der Waals surface area contributed by atoms with E-state index in [9.17, 15) is 5.11 Å². The Morgan fingerprint density at radius 1 is 0.913 bits per heavy atom. The summed E-state index contributed by atoms with van der Waals surface area (Å²) in [5.41, 5.74) is 1.51. The van der Waals surface area contributed by atoms with Crippen LogP contribution < -0.4 is 10.2 Å². The molecule has 0 amide bonds. The molecule has 1 aromatic heterocycles. The maximum atomic E-state index is 9.94. The molecular formula is C18H18N4O. The Labute approximate surface area is 134 Å². The van der Waals surface area contributed by atoms with E-state index in [0.717, 1.165) is 29.8 Å². The first kappa shape index (κ1) is 13.8. The monoisotopic (exact) mass is 306 g/mol. The SMILES string of the molecule is Oc1ccccc1Nc1nc(N2CCCC2)c2ccccc2n1. The first-order chi connectivity index (χ1) is 11.3. The van der Waals surface area contributed by atoms with Crippen LogP contribution in [0.4, 0.5) is 17.5 Å². The zero-order valence-electron chi connectivity index (χ0n) is 12.7. The number of nitrogens with zero attached hydrogens (tertiary/aromatic N) is 3. The van der Waals surface area contributed by atoms with E-state index in [1.165, 1.54) is 12.8 Å². The van der Waals surface area contributed by atoms with Gasteiger partial charge in [0.1, 0.15) is 11.6 Å². The van der Waals surface area contributed by atoms with E-state index in [0.29, 0.717) is 11.6 Å². The summed E-state index contributed by atoms with van der Waals surface area (Å²) >= 11 is 0. The molecule has 0 spiro atoms. The lowest BCUT2D eigenvalue weighted by molar-refractivity contribution is 0.477. The molecule has 1 aliphatic heterocycles. The summed E-state index contributed by atoms with van der Waals surface area (Å²) < 4.78 is 0. The van der Waals surface area contributed by atoms with E-state index < -0.39 is 0 Å². The van der Waals surface area contributed by atoms with Gasteiger partial charge in [0.25, 0.3) is 0 Å². The van der Waals surface area contributed by atoms with E-state index in [4.69, 9.17) is 4.98 Å². The standard InChI is InChI=1S/C18H18N4O/c23-16-10-4-3-9-15(16)20-18-19-14-8-2-1-7-13(14)17(21-18)22-11-5-6-12-22/h1-4,7-10,23H,5-6,11-12H2,(H,19,20,21). The normalized spacial score (nSPS) is 14.3. The third-order valence-corrected chi connectivity index (χ3v) is 4.14. The Balaban J connectivity index is 1.79. The van der Waals surface area contributed by atoms with Crippen molar-refractivity contribution < 1.29 is 5.11 Å². The van der Waals surface area contributed by atoms with Gasteiger partial charge in [-0.15, -0.1) is 0 Å². The number of phenolic OH excluding ortho intramolecular Hbond substituents is 1. The highest BCUT2D eigenvalue weighted by Crippen LogP contribution is 2.30. The number of hydrogen-bond donors (Lipinski definition) is 2.